The van der Waals surface area contributed by atoms with Crippen molar-refractivity contribution in [3.8, 4) is 0 Å². The van der Waals surface area contributed by atoms with Crippen LogP contribution in [0, 0.1) is 12.7 Å². The number of benzene rings is 1. The highest BCUT2D eigenvalue weighted by Gasteiger charge is 2.26. The Morgan fingerprint density at radius 1 is 1.25 bits per heavy atom. The quantitative estimate of drug-likeness (QED) is 0.210. The van der Waals surface area contributed by atoms with Gasteiger partial charge in [-0.2, -0.15) is 0 Å². The minimum absolute atomic E-state index is 0.177. The summed E-state index contributed by atoms with van der Waals surface area (Å²) in [5, 5.41) is 10.6. The van der Waals surface area contributed by atoms with Gasteiger partial charge in [0.2, 0.25) is 0 Å². The Bertz CT molecular complexity index is 941. The summed E-state index contributed by atoms with van der Waals surface area (Å²) in [6, 6.07) is 5.68. The molecular formula is C29H39F2NO4. The van der Waals surface area contributed by atoms with E-state index >= 15 is 0 Å². The van der Waals surface area contributed by atoms with E-state index in [1.807, 2.05) is 25.1 Å². The van der Waals surface area contributed by atoms with Crippen LogP contribution in [0.4, 0.5) is 8.78 Å². The number of carbonyl (C=O) groups excluding carboxylic acids is 1. The molecule has 1 unspecified atom stereocenters. The summed E-state index contributed by atoms with van der Waals surface area (Å²) < 4.78 is 38.2. The van der Waals surface area contributed by atoms with Gasteiger partial charge in [-0.3, -0.25) is 4.90 Å². The minimum atomic E-state index is -0.634. The van der Waals surface area contributed by atoms with Crippen molar-refractivity contribution < 1.29 is 28.2 Å². The zero-order valence-corrected chi connectivity index (χ0v) is 21.5. The molecule has 7 heteroatoms. The fourth-order valence-electron chi connectivity index (χ4n) is 4.07. The van der Waals surface area contributed by atoms with Gasteiger partial charge in [-0.15, -0.1) is 0 Å². The molecule has 3 atom stereocenters. The molecule has 0 spiro atoms. The van der Waals surface area contributed by atoms with Gasteiger partial charge in [0, 0.05) is 18.7 Å². The van der Waals surface area contributed by atoms with Crippen LogP contribution in [0.1, 0.15) is 44.2 Å². The average Bonchev–Trinajstić information content (AvgIpc) is 3.27. The number of carbonyl (C=O) groups is 1. The van der Waals surface area contributed by atoms with Gasteiger partial charge in [-0.05, 0) is 75.4 Å². The van der Waals surface area contributed by atoms with Crippen molar-refractivity contribution in [1.29, 1.82) is 0 Å². The van der Waals surface area contributed by atoms with Crippen molar-refractivity contribution in [2.75, 3.05) is 26.3 Å². The number of aryl methyl sites for hydroxylation is 1. The van der Waals surface area contributed by atoms with Crippen LogP contribution in [0.15, 0.2) is 66.6 Å². The molecule has 1 aromatic rings. The fraction of sp³-hybridized carbons (Fsp3) is 0.483. The van der Waals surface area contributed by atoms with Crippen LogP contribution in [0.2, 0.25) is 0 Å². The highest BCUT2D eigenvalue weighted by atomic mass is 19.1. The molecule has 0 amide bonds. The maximum Gasteiger partial charge on any atom is 0.330 e. The van der Waals surface area contributed by atoms with E-state index in [1.165, 1.54) is 18.2 Å². The van der Waals surface area contributed by atoms with Crippen LogP contribution in [0.5, 0.6) is 0 Å². The molecule has 1 fully saturated rings. The molecule has 0 bridgehead atoms. The van der Waals surface area contributed by atoms with E-state index in [0.29, 0.717) is 18.5 Å². The number of rotatable bonds is 14. The van der Waals surface area contributed by atoms with E-state index in [9.17, 15) is 18.7 Å². The van der Waals surface area contributed by atoms with Crippen molar-refractivity contribution in [3.05, 3.63) is 83.5 Å². The summed E-state index contributed by atoms with van der Waals surface area (Å²) in [5.41, 5.74) is 1.63. The largest absolute Gasteiger partial charge is 0.463 e. The molecule has 0 aromatic heterocycles. The molecule has 1 aromatic carbocycles. The molecule has 5 nitrogen and oxygen atoms in total. The maximum absolute atomic E-state index is 13.9. The van der Waals surface area contributed by atoms with Crippen LogP contribution in [-0.4, -0.2) is 60.5 Å². The predicted octanol–water partition coefficient (Wildman–Crippen LogP) is 5.38. The predicted molar refractivity (Wildman–Crippen MR) is 139 cm³/mol. The van der Waals surface area contributed by atoms with Gasteiger partial charge in [0.05, 0.1) is 25.4 Å². The summed E-state index contributed by atoms with van der Waals surface area (Å²) in [5.74, 6) is -1.20. The van der Waals surface area contributed by atoms with Crippen molar-refractivity contribution in [1.82, 2.24) is 4.90 Å². The number of allylic oxidation sites excluding steroid dienone is 6. The highest BCUT2D eigenvalue weighted by Crippen LogP contribution is 2.22. The number of aliphatic hydroxyl groups is 1. The third-order valence-electron chi connectivity index (χ3n) is 6.02. The van der Waals surface area contributed by atoms with Gasteiger partial charge in [0.15, 0.2) is 0 Å². The zero-order chi connectivity index (χ0) is 26.3. The summed E-state index contributed by atoms with van der Waals surface area (Å²) in [6.07, 6.45) is 12.7. The molecule has 198 valence electrons. The first-order valence-corrected chi connectivity index (χ1v) is 12.7. The minimum Gasteiger partial charge on any atom is -0.463 e. The molecule has 0 aliphatic carbocycles. The second kappa shape index (κ2) is 16.2. The second-order valence-electron chi connectivity index (χ2n) is 8.92. The lowest BCUT2D eigenvalue weighted by atomic mass is 10.0. The lowest BCUT2D eigenvalue weighted by molar-refractivity contribution is -0.137. The van der Waals surface area contributed by atoms with Gasteiger partial charge < -0.3 is 14.6 Å². The first-order valence-electron chi connectivity index (χ1n) is 12.7. The lowest BCUT2D eigenvalue weighted by Crippen LogP contribution is -2.39. The molecule has 36 heavy (non-hydrogen) atoms. The third-order valence-corrected chi connectivity index (χ3v) is 6.02. The Morgan fingerprint density at radius 3 is 2.78 bits per heavy atom. The second-order valence-corrected chi connectivity index (χ2v) is 8.92. The van der Waals surface area contributed by atoms with Crippen molar-refractivity contribution in [2.24, 2.45) is 0 Å². The molecule has 1 saturated heterocycles. The molecule has 0 saturated carbocycles. The van der Waals surface area contributed by atoms with Gasteiger partial charge in [-0.25, -0.2) is 13.6 Å². The number of halogens is 2. The van der Waals surface area contributed by atoms with Crippen LogP contribution >= 0.6 is 0 Å². The van der Waals surface area contributed by atoms with Crippen LogP contribution in [0.3, 0.4) is 0 Å². The lowest BCUT2D eigenvalue weighted by Gasteiger charge is -2.27. The van der Waals surface area contributed by atoms with Crippen LogP contribution in [-0.2, 0) is 20.7 Å². The molecule has 1 aliphatic rings. The molecule has 1 aliphatic heterocycles. The smallest absolute Gasteiger partial charge is 0.330 e. The Labute approximate surface area is 213 Å². The van der Waals surface area contributed by atoms with E-state index in [1.54, 1.807) is 32.1 Å². The van der Waals surface area contributed by atoms with Gasteiger partial charge in [0.1, 0.15) is 11.6 Å². The number of hydrogen-bond donors (Lipinski definition) is 1. The van der Waals surface area contributed by atoms with Crippen molar-refractivity contribution in [3.63, 3.8) is 0 Å². The first-order chi connectivity index (χ1) is 17.3. The summed E-state index contributed by atoms with van der Waals surface area (Å²) in [4.78, 5) is 13.4. The number of aliphatic hydroxyl groups excluding tert-OH is 1. The Balaban J connectivity index is 1.77. The average molecular weight is 504 g/mol. The van der Waals surface area contributed by atoms with E-state index in [2.05, 4.69) is 4.90 Å². The normalized spacial score (nSPS) is 19.1. The standard InChI is InChI=1S/C29H39F2NO4/c1-4-27(13-7-6-10-24(30)11-8-14-29(34)35-5-2)36-21-26(33)20-32-17-9-12-25(32)18-23-16-15-22(3)28(31)19-23/h6-8,10-11,13-16,19,25-27,33H,4-5,9,12,17-18,20-21H2,1-3H3/b10-6-,13-7+,14-8+,24-11-/t25?,26-,27-/m1/s1. The van der Waals surface area contributed by atoms with Gasteiger partial charge in [-0.1, -0.05) is 43.4 Å². The summed E-state index contributed by atoms with van der Waals surface area (Å²) >= 11 is 0. The highest BCUT2D eigenvalue weighted by molar-refractivity contribution is 5.82. The molecule has 1 heterocycles. The Hall–Kier alpha value is -2.61. The summed E-state index contributed by atoms with van der Waals surface area (Å²) in [6.45, 7) is 7.32. The SMILES string of the molecule is CCOC(=O)/C=C/C=C(F)/C=C\C=C\[C@@H](CC)OC[C@H](O)CN1CCCC1Cc1ccc(C)c(F)c1. The molecule has 2 rings (SSSR count). The van der Waals surface area contributed by atoms with Gasteiger partial charge >= 0.3 is 5.97 Å². The molecule has 1 N–H and O–H groups in total. The van der Waals surface area contributed by atoms with Gasteiger partial charge in [0.25, 0.3) is 0 Å². The third kappa shape index (κ3) is 11.0. The molecular weight excluding hydrogens is 464 g/mol. The van der Waals surface area contributed by atoms with Crippen molar-refractivity contribution >= 4 is 5.97 Å². The van der Waals surface area contributed by atoms with Crippen LogP contribution in [0.25, 0.3) is 0 Å². The van der Waals surface area contributed by atoms with E-state index in [0.717, 1.165) is 37.4 Å². The number of hydrogen-bond acceptors (Lipinski definition) is 5. The Morgan fingerprint density at radius 2 is 2.06 bits per heavy atom. The first kappa shape index (κ1) is 29.6. The number of likely N-dealkylation sites (tertiary alicyclic amines) is 1. The van der Waals surface area contributed by atoms with E-state index in [4.69, 9.17) is 9.47 Å². The number of ether oxygens (including phenoxy) is 2. The number of β-amino-alcohol motifs (C(OH)–C–C–N with tert-alkyl or cyclic N) is 1. The van der Waals surface area contributed by atoms with E-state index < -0.39 is 17.9 Å². The van der Waals surface area contributed by atoms with Crippen LogP contribution < -0.4 is 0 Å². The monoisotopic (exact) mass is 503 g/mol. The van der Waals surface area contributed by atoms with Crippen molar-refractivity contribution in [2.45, 2.75) is 64.7 Å². The number of nitrogens with zero attached hydrogens (tertiary/aromatic N) is 1. The fourth-order valence-corrected chi connectivity index (χ4v) is 4.07. The zero-order valence-electron chi connectivity index (χ0n) is 21.5. The summed E-state index contributed by atoms with van der Waals surface area (Å²) in [7, 11) is 0. The maximum atomic E-state index is 13.9. The van der Waals surface area contributed by atoms with E-state index in [-0.39, 0.29) is 31.2 Å². The molecule has 0 radical (unpaired) electrons. The number of esters is 1. The topological polar surface area (TPSA) is 59.0 Å². The Kier molecular flexibility index (Phi) is 13.3.